The zero-order chi connectivity index (χ0) is 18.9. The fourth-order valence-electron chi connectivity index (χ4n) is 2.33. The molecular weight excluding hydrogens is 393 g/mol. The van der Waals surface area contributed by atoms with Crippen LogP contribution in [0.3, 0.4) is 0 Å². The van der Waals surface area contributed by atoms with E-state index in [9.17, 15) is 4.79 Å². The third-order valence-electron chi connectivity index (χ3n) is 3.69. The molecule has 2 aromatic rings. The average Bonchev–Trinajstić information content (AvgIpc) is 2.63. The molecule has 0 saturated heterocycles. The number of hydrogen-bond donors (Lipinski definition) is 1. The number of amides is 1. The van der Waals surface area contributed by atoms with Crippen LogP contribution >= 0.6 is 35.0 Å². The first-order chi connectivity index (χ1) is 12.5. The number of carbonyl (C=O) groups is 1. The van der Waals surface area contributed by atoms with Crippen LogP contribution in [0, 0.1) is 0 Å². The molecule has 4 nitrogen and oxygen atoms in total. The average molecular weight is 414 g/mol. The molecule has 0 aromatic heterocycles. The number of rotatable bonds is 9. The van der Waals surface area contributed by atoms with Gasteiger partial charge in [-0.2, -0.15) is 0 Å². The lowest BCUT2D eigenvalue weighted by Crippen LogP contribution is -2.27. The zero-order valence-corrected chi connectivity index (χ0v) is 17.0. The second kappa shape index (κ2) is 10.6. The molecule has 0 bridgehead atoms. The van der Waals surface area contributed by atoms with E-state index in [4.69, 9.17) is 32.7 Å². The molecule has 0 fully saturated rings. The molecule has 0 spiro atoms. The van der Waals surface area contributed by atoms with Gasteiger partial charge in [0.2, 0.25) is 5.91 Å². The van der Waals surface area contributed by atoms with Gasteiger partial charge in [0.05, 0.1) is 20.0 Å². The highest BCUT2D eigenvalue weighted by atomic mass is 35.5. The maximum absolute atomic E-state index is 12.0. The van der Waals surface area contributed by atoms with Crippen LogP contribution in [0.25, 0.3) is 0 Å². The van der Waals surface area contributed by atoms with Crippen molar-refractivity contribution in [1.82, 2.24) is 5.32 Å². The van der Waals surface area contributed by atoms with Crippen LogP contribution < -0.4 is 14.8 Å². The van der Waals surface area contributed by atoms with Gasteiger partial charge in [-0.1, -0.05) is 35.3 Å². The summed E-state index contributed by atoms with van der Waals surface area (Å²) in [6.45, 7) is 0.566. The van der Waals surface area contributed by atoms with Crippen LogP contribution in [0.4, 0.5) is 0 Å². The molecular formula is C19H21Cl2NO3S. The minimum Gasteiger partial charge on any atom is -0.493 e. The Balaban J connectivity index is 1.72. The highest BCUT2D eigenvalue weighted by Gasteiger charge is 2.07. The summed E-state index contributed by atoms with van der Waals surface area (Å²) < 4.78 is 10.5. The van der Waals surface area contributed by atoms with Crippen LogP contribution in [0.1, 0.15) is 11.1 Å². The first-order valence-corrected chi connectivity index (χ1v) is 9.94. The van der Waals surface area contributed by atoms with Crippen molar-refractivity contribution in [2.24, 2.45) is 0 Å². The fourth-order valence-corrected chi connectivity index (χ4v) is 3.74. The first-order valence-electron chi connectivity index (χ1n) is 8.02. The second-order valence-corrected chi connectivity index (χ2v) is 7.35. The molecule has 26 heavy (non-hydrogen) atoms. The Kier molecular flexibility index (Phi) is 8.42. The Hall–Kier alpha value is -1.56. The lowest BCUT2D eigenvalue weighted by Gasteiger charge is -2.10. The molecule has 0 unspecified atom stereocenters. The SMILES string of the molecule is COc1ccc(CCNC(=O)CSCc2ccc(Cl)cc2Cl)cc1OC. The Morgan fingerprint density at radius 2 is 1.85 bits per heavy atom. The molecule has 140 valence electrons. The number of benzene rings is 2. The Labute approximate surface area is 168 Å². The predicted octanol–water partition coefficient (Wildman–Crippen LogP) is 4.60. The molecule has 0 aliphatic carbocycles. The number of hydrogen-bond acceptors (Lipinski definition) is 4. The summed E-state index contributed by atoms with van der Waals surface area (Å²) in [5, 5.41) is 4.15. The summed E-state index contributed by atoms with van der Waals surface area (Å²) >= 11 is 13.5. The quantitative estimate of drug-likeness (QED) is 0.652. The normalized spacial score (nSPS) is 10.5. The molecule has 0 aliphatic heterocycles. The Morgan fingerprint density at radius 3 is 2.54 bits per heavy atom. The summed E-state index contributed by atoms with van der Waals surface area (Å²) in [5.41, 5.74) is 2.04. The smallest absolute Gasteiger partial charge is 0.230 e. The van der Waals surface area contributed by atoms with Gasteiger partial charge in [-0.3, -0.25) is 4.79 Å². The number of nitrogens with one attached hydrogen (secondary N) is 1. The molecule has 1 N–H and O–H groups in total. The number of thioether (sulfide) groups is 1. The van der Waals surface area contributed by atoms with Crippen molar-refractivity contribution in [3.63, 3.8) is 0 Å². The summed E-state index contributed by atoms with van der Waals surface area (Å²) in [7, 11) is 3.21. The van der Waals surface area contributed by atoms with Gasteiger partial charge >= 0.3 is 0 Å². The number of halogens is 2. The number of methoxy groups -OCH3 is 2. The lowest BCUT2D eigenvalue weighted by atomic mass is 10.1. The topological polar surface area (TPSA) is 47.6 Å². The van der Waals surface area contributed by atoms with Crippen LogP contribution in [0.5, 0.6) is 11.5 Å². The monoisotopic (exact) mass is 413 g/mol. The summed E-state index contributed by atoms with van der Waals surface area (Å²) in [6, 6.07) is 11.1. The number of carbonyl (C=O) groups excluding carboxylic acids is 1. The predicted molar refractivity (Wildman–Crippen MR) is 109 cm³/mol. The van der Waals surface area contributed by atoms with E-state index in [0.717, 1.165) is 17.5 Å². The fraction of sp³-hybridized carbons (Fsp3) is 0.316. The molecule has 2 rings (SSSR count). The van der Waals surface area contributed by atoms with Crippen LogP contribution in [0.2, 0.25) is 10.0 Å². The van der Waals surface area contributed by atoms with Crippen LogP contribution in [0.15, 0.2) is 36.4 Å². The van der Waals surface area contributed by atoms with Crippen molar-refractivity contribution in [3.05, 3.63) is 57.6 Å². The molecule has 0 heterocycles. The maximum atomic E-state index is 12.0. The molecule has 1 amide bonds. The van der Waals surface area contributed by atoms with Crippen molar-refractivity contribution < 1.29 is 14.3 Å². The minimum atomic E-state index is 0.000521. The number of ether oxygens (including phenoxy) is 2. The van der Waals surface area contributed by atoms with E-state index in [1.165, 1.54) is 11.8 Å². The maximum Gasteiger partial charge on any atom is 0.230 e. The van der Waals surface area contributed by atoms with Crippen LogP contribution in [-0.2, 0) is 17.0 Å². The Bertz CT molecular complexity index is 756. The van der Waals surface area contributed by atoms with Gasteiger partial charge in [-0.05, 0) is 41.8 Å². The van der Waals surface area contributed by atoms with E-state index >= 15 is 0 Å². The van der Waals surface area contributed by atoms with E-state index in [1.54, 1.807) is 26.4 Å². The van der Waals surface area contributed by atoms with Gasteiger partial charge in [-0.15, -0.1) is 11.8 Å². The van der Waals surface area contributed by atoms with Gasteiger partial charge in [0.1, 0.15) is 0 Å². The van der Waals surface area contributed by atoms with E-state index in [1.807, 2.05) is 24.3 Å². The molecule has 0 aliphatic rings. The van der Waals surface area contributed by atoms with Gasteiger partial charge in [-0.25, -0.2) is 0 Å². The van der Waals surface area contributed by atoms with E-state index in [-0.39, 0.29) is 5.91 Å². The first kappa shape index (κ1) is 20.7. The molecule has 0 atom stereocenters. The van der Waals surface area contributed by atoms with Crippen molar-refractivity contribution in [2.45, 2.75) is 12.2 Å². The van der Waals surface area contributed by atoms with Crippen molar-refractivity contribution in [3.8, 4) is 11.5 Å². The van der Waals surface area contributed by atoms with E-state index < -0.39 is 0 Å². The Morgan fingerprint density at radius 1 is 1.08 bits per heavy atom. The highest BCUT2D eigenvalue weighted by Crippen LogP contribution is 2.27. The van der Waals surface area contributed by atoms with Gasteiger partial charge in [0.15, 0.2) is 11.5 Å². The third-order valence-corrected chi connectivity index (χ3v) is 5.26. The van der Waals surface area contributed by atoms with Crippen LogP contribution in [-0.4, -0.2) is 32.4 Å². The molecule has 0 radical (unpaired) electrons. The van der Waals surface area contributed by atoms with Crippen molar-refractivity contribution in [2.75, 3.05) is 26.5 Å². The third kappa shape index (κ3) is 6.31. The van der Waals surface area contributed by atoms with Gasteiger partial charge in [0.25, 0.3) is 0 Å². The van der Waals surface area contributed by atoms with Gasteiger partial charge in [0, 0.05) is 22.3 Å². The summed E-state index contributed by atoms with van der Waals surface area (Å²) in [5.74, 6) is 2.43. The lowest BCUT2D eigenvalue weighted by molar-refractivity contribution is -0.118. The zero-order valence-electron chi connectivity index (χ0n) is 14.7. The molecule has 2 aromatic carbocycles. The highest BCUT2D eigenvalue weighted by molar-refractivity contribution is 7.99. The van der Waals surface area contributed by atoms with Gasteiger partial charge < -0.3 is 14.8 Å². The molecule has 0 saturated carbocycles. The summed E-state index contributed by atoms with van der Waals surface area (Å²) in [6.07, 6.45) is 0.722. The van der Waals surface area contributed by atoms with E-state index in [0.29, 0.717) is 39.6 Å². The van der Waals surface area contributed by atoms with Crippen molar-refractivity contribution in [1.29, 1.82) is 0 Å². The second-order valence-electron chi connectivity index (χ2n) is 5.52. The molecule has 7 heteroatoms. The minimum absolute atomic E-state index is 0.000521. The summed E-state index contributed by atoms with van der Waals surface area (Å²) in [4.78, 5) is 12.0. The standard InChI is InChI=1S/C19H21Cl2NO3S/c1-24-17-6-3-13(9-18(17)25-2)7-8-22-19(23)12-26-11-14-4-5-15(20)10-16(14)21/h3-6,9-10H,7-8,11-12H2,1-2H3,(H,22,23). The largest absolute Gasteiger partial charge is 0.493 e. The van der Waals surface area contributed by atoms with Crippen molar-refractivity contribution >= 4 is 40.9 Å². The van der Waals surface area contributed by atoms with E-state index in [2.05, 4.69) is 5.32 Å².